The summed E-state index contributed by atoms with van der Waals surface area (Å²) in [5, 5.41) is 6.82. The maximum absolute atomic E-state index is 6.66. The summed E-state index contributed by atoms with van der Waals surface area (Å²) in [5.74, 6) is 1.84. The van der Waals surface area contributed by atoms with Gasteiger partial charge >= 0.3 is 0 Å². The molecule has 0 bridgehead atoms. The van der Waals surface area contributed by atoms with Gasteiger partial charge in [-0.3, -0.25) is 0 Å². The molecule has 0 saturated heterocycles. The van der Waals surface area contributed by atoms with Crippen LogP contribution in [0.3, 0.4) is 0 Å². The predicted molar refractivity (Wildman–Crippen MR) is 234 cm³/mol. The largest absolute Gasteiger partial charge is 0.456 e. The van der Waals surface area contributed by atoms with Crippen molar-refractivity contribution in [1.82, 2.24) is 15.0 Å². The zero-order chi connectivity index (χ0) is 37.5. The molecule has 0 spiro atoms. The van der Waals surface area contributed by atoms with E-state index in [-0.39, 0.29) is 0 Å². The third kappa shape index (κ3) is 5.19. The van der Waals surface area contributed by atoms with Crippen molar-refractivity contribution >= 4 is 75.4 Å². The molecule has 0 N–H and O–H groups in total. The summed E-state index contributed by atoms with van der Waals surface area (Å²) in [6.45, 7) is 0. The average Bonchev–Trinajstić information content (AvgIpc) is 3.97. The van der Waals surface area contributed by atoms with Crippen LogP contribution in [-0.2, 0) is 0 Å². The van der Waals surface area contributed by atoms with Gasteiger partial charge in [-0.25, -0.2) is 15.0 Å². The summed E-state index contributed by atoms with van der Waals surface area (Å²) in [4.78, 5) is 14.8. The van der Waals surface area contributed by atoms with Crippen LogP contribution in [-0.4, -0.2) is 15.0 Å². The highest BCUT2D eigenvalue weighted by molar-refractivity contribution is 7.26. The topological polar surface area (TPSA) is 65.0 Å². The first-order valence-electron chi connectivity index (χ1n) is 18.9. The van der Waals surface area contributed by atoms with Crippen LogP contribution >= 0.6 is 11.3 Å². The molecule has 12 rings (SSSR count). The number of fused-ring (bicyclic) bond motifs is 9. The third-order valence-corrected chi connectivity index (χ3v) is 12.2. The lowest BCUT2D eigenvalue weighted by atomic mass is 9.94. The van der Waals surface area contributed by atoms with E-state index in [1.165, 1.54) is 25.7 Å². The lowest BCUT2D eigenvalue weighted by Gasteiger charge is -2.09. The Morgan fingerprint density at radius 2 is 0.947 bits per heavy atom. The lowest BCUT2D eigenvalue weighted by Crippen LogP contribution is -2.00. The number of hydrogen-bond acceptors (Lipinski definition) is 6. The molecule has 12 aromatic rings. The van der Waals surface area contributed by atoms with Gasteiger partial charge in [-0.2, -0.15) is 0 Å². The van der Waals surface area contributed by atoms with Crippen LogP contribution in [0.2, 0.25) is 0 Å². The molecule has 8 aromatic carbocycles. The van der Waals surface area contributed by atoms with Gasteiger partial charge in [-0.15, -0.1) is 11.3 Å². The van der Waals surface area contributed by atoms with Gasteiger partial charge in [0.2, 0.25) is 0 Å². The van der Waals surface area contributed by atoms with Crippen LogP contribution < -0.4 is 0 Å². The molecule has 0 aliphatic rings. The Balaban J connectivity index is 1.01. The molecule has 4 heterocycles. The molecule has 0 saturated carbocycles. The molecule has 57 heavy (non-hydrogen) atoms. The minimum absolute atomic E-state index is 0.590. The van der Waals surface area contributed by atoms with Crippen LogP contribution in [0.15, 0.2) is 185 Å². The first-order chi connectivity index (χ1) is 28.2. The smallest absolute Gasteiger partial charge is 0.164 e. The SMILES string of the molecule is c1ccc(-c2nc(-c3ccccc3)nc(-c3ccc4c(c3)oc3ccc(-c5cc(-c6cccc7c6sc6ccccc67)c6oc7ccccc7c6c5)cc34)n2)cc1. The van der Waals surface area contributed by atoms with Gasteiger partial charge in [-0.1, -0.05) is 127 Å². The van der Waals surface area contributed by atoms with Gasteiger partial charge in [0.1, 0.15) is 22.3 Å². The molecule has 0 aliphatic heterocycles. The van der Waals surface area contributed by atoms with Crippen LogP contribution in [0.5, 0.6) is 0 Å². The molecular weight excluding hydrogens is 719 g/mol. The number of thiophene rings is 1. The first-order valence-corrected chi connectivity index (χ1v) is 19.7. The third-order valence-electron chi connectivity index (χ3n) is 10.9. The zero-order valence-corrected chi connectivity index (χ0v) is 31.1. The average molecular weight is 748 g/mol. The van der Waals surface area contributed by atoms with E-state index in [9.17, 15) is 0 Å². The quantitative estimate of drug-likeness (QED) is 0.175. The van der Waals surface area contributed by atoms with Crippen molar-refractivity contribution in [3.8, 4) is 56.4 Å². The van der Waals surface area contributed by atoms with Crippen LogP contribution in [0.25, 0.3) is 120 Å². The van der Waals surface area contributed by atoms with Crippen LogP contribution in [0.4, 0.5) is 0 Å². The second kappa shape index (κ2) is 12.6. The molecule has 0 radical (unpaired) electrons. The van der Waals surface area contributed by atoms with E-state index in [4.69, 9.17) is 23.8 Å². The fourth-order valence-corrected chi connectivity index (χ4v) is 9.42. The fraction of sp³-hybridized carbons (Fsp3) is 0. The van der Waals surface area contributed by atoms with Crippen molar-refractivity contribution in [3.63, 3.8) is 0 Å². The molecular formula is C51H29N3O2S. The van der Waals surface area contributed by atoms with Crippen molar-refractivity contribution < 1.29 is 8.83 Å². The lowest BCUT2D eigenvalue weighted by molar-refractivity contribution is 0.669. The highest BCUT2D eigenvalue weighted by atomic mass is 32.1. The normalized spacial score (nSPS) is 11.9. The molecule has 0 fully saturated rings. The van der Waals surface area contributed by atoms with Gasteiger partial charge in [-0.05, 0) is 59.7 Å². The fourth-order valence-electron chi connectivity index (χ4n) is 8.19. The summed E-state index contributed by atoms with van der Waals surface area (Å²) in [6, 6.07) is 60.9. The van der Waals surface area contributed by atoms with E-state index in [1.807, 2.05) is 84.1 Å². The summed E-state index contributed by atoms with van der Waals surface area (Å²) in [6.07, 6.45) is 0. The van der Waals surface area contributed by atoms with Crippen molar-refractivity contribution in [2.24, 2.45) is 0 Å². The summed E-state index contributed by atoms with van der Waals surface area (Å²) >= 11 is 1.84. The van der Waals surface area contributed by atoms with Gasteiger partial charge in [0.15, 0.2) is 17.5 Å². The molecule has 0 atom stereocenters. The summed E-state index contributed by atoms with van der Waals surface area (Å²) in [5.41, 5.74) is 10.6. The van der Waals surface area contributed by atoms with Crippen molar-refractivity contribution in [3.05, 3.63) is 176 Å². The minimum Gasteiger partial charge on any atom is -0.456 e. The highest BCUT2D eigenvalue weighted by Crippen LogP contribution is 2.45. The highest BCUT2D eigenvalue weighted by Gasteiger charge is 2.20. The second-order valence-corrected chi connectivity index (χ2v) is 15.4. The molecule has 4 aromatic heterocycles. The standard InChI is InChI=1S/C51H29N3O2S/c1-3-12-30(13-4-1)49-52-50(31-14-5-2-6-15-31)54-51(53-49)33-22-24-36-40-26-32(23-25-44(40)55-45(36)29-33)34-27-41-35-16-7-9-20-43(35)56-47(41)42(28-34)39-19-11-18-38-37-17-8-10-21-46(37)57-48(38)39/h1-29H. The Kier molecular flexibility index (Phi) is 7.03. The Hall–Kier alpha value is -7.41. The molecule has 6 heteroatoms. The number of benzene rings is 8. The van der Waals surface area contributed by atoms with Gasteiger partial charge < -0.3 is 8.83 Å². The van der Waals surface area contributed by atoms with E-state index in [0.717, 1.165) is 77.3 Å². The monoisotopic (exact) mass is 747 g/mol. The van der Waals surface area contributed by atoms with Crippen molar-refractivity contribution in [2.45, 2.75) is 0 Å². The molecule has 5 nitrogen and oxygen atoms in total. The Labute approximate surface area is 330 Å². The molecule has 266 valence electrons. The Morgan fingerprint density at radius 1 is 0.333 bits per heavy atom. The Morgan fingerprint density at radius 3 is 1.74 bits per heavy atom. The van der Waals surface area contributed by atoms with Crippen molar-refractivity contribution in [1.29, 1.82) is 0 Å². The number of furan rings is 2. The summed E-state index contributed by atoms with van der Waals surface area (Å²) in [7, 11) is 0. The predicted octanol–water partition coefficient (Wildman–Crippen LogP) is 14.4. The molecule has 0 unspecified atom stereocenters. The minimum atomic E-state index is 0.590. The Bertz CT molecular complexity index is 3470. The number of aromatic nitrogens is 3. The summed E-state index contributed by atoms with van der Waals surface area (Å²) < 4.78 is 15.7. The van der Waals surface area contributed by atoms with E-state index in [1.54, 1.807) is 0 Å². The second-order valence-electron chi connectivity index (χ2n) is 14.3. The number of rotatable bonds is 5. The maximum atomic E-state index is 6.66. The van der Waals surface area contributed by atoms with E-state index < -0.39 is 0 Å². The first kappa shape index (κ1) is 31.9. The number of hydrogen-bond donors (Lipinski definition) is 0. The molecule has 0 amide bonds. The zero-order valence-electron chi connectivity index (χ0n) is 30.3. The van der Waals surface area contributed by atoms with Gasteiger partial charge in [0.25, 0.3) is 0 Å². The van der Waals surface area contributed by atoms with Crippen LogP contribution in [0.1, 0.15) is 0 Å². The maximum Gasteiger partial charge on any atom is 0.164 e. The molecule has 0 aliphatic carbocycles. The van der Waals surface area contributed by atoms with E-state index >= 15 is 0 Å². The van der Waals surface area contributed by atoms with E-state index in [2.05, 4.69) is 103 Å². The van der Waals surface area contributed by atoms with Crippen molar-refractivity contribution in [2.75, 3.05) is 0 Å². The number of nitrogens with zero attached hydrogens (tertiary/aromatic N) is 3. The van der Waals surface area contributed by atoms with Gasteiger partial charge in [0, 0.05) is 69.5 Å². The number of para-hydroxylation sites is 1. The van der Waals surface area contributed by atoms with E-state index in [0.29, 0.717) is 17.5 Å². The van der Waals surface area contributed by atoms with Crippen LogP contribution in [0, 0.1) is 0 Å². The van der Waals surface area contributed by atoms with Gasteiger partial charge in [0.05, 0.1) is 0 Å².